The molecule has 9 heteroatoms. The molecule has 2 aromatic carbocycles. The lowest BCUT2D eigenvalue weighted by Crippen LogP contribution is -2.21. The maximum absolute atomic E-state index is 12.8. The molecule has 4 heterocycles. The van der Waals surface area contributed by atoms with Gasteiger partial charge in [0.1, 0.15) is 16.3 Å². The van der Waals surface area contributed by atoms with Crippen molar-refractivity contribution in [3.05, 3.63) is 59.9 Å². The van der Waals surface area contributed by atoms with Gasteiger partial charge in [-0.3, -0.25) is 0 Å². The normalized spacial score (nSPS) is 13.6. The van der Waals surface area contributed by atoms with Crippen LogP contribution in [-0.4, -0.2) is 41.1 Å². The number of thiazole rings is 1. The Hall–Kier alpha value is -3.98. The molecule has 1 fully saturated rings. The van der Waals surface area contributed by atoms with E-state index in [4.69, 9.17) is 24.1 Å². The van der Waals surface area contributed by atoms with E-state index >= 15 is 0 Å². The average molecular weight is 486 g/mol. The number of aromatic nitrogens is 3. The van der Waals surface area contributed by atoms with Crippen molar-refractivity contribution in [1.82, 2.24) is 15.0 Å². The minimum absolute atomic E-state index is 0.352. The number of carbonyl (C=O) groups excluding carboxylic acids is 1. The van der Waals surface area contributed by atoms with Crippen molar-refractivity contribution < 1.29 is 13.9 Å². The number of nitrogens with zero attached hydrogens (tertiary/aromatic N) is 4. The minimum atomic E-state index is -0.474. The molecule has 0 atom stereocenters. The van der Waals surface area contributed by atoms with Crippen LogP contribution in [0.5, 0.6) is 0 Å². The molecule has 3 aromatic heterocycles. The number of para-hydroxylation sites is 3. The maximum atomic E-state index is 12.8. The van der Waals surface area contributed by atoms with Crippen LogP contribution in [0, 0.1) is 6.92 Å². The molecule has 0 bridgehead atoms. The number of ether oxygens (including phenoxy) is 1. The summed E-state index contributed by atoms with van der Waals surface area (Å²) in [6.45, 7) is 3.58. The molecule has 35 heavy (non-hydrogen) atoms. The molecule has 1 saturated heterocycles. The van der Waals surface area contributed by atoms with Gasteiger partial charge in [0.05, 0.1) is 33.9 Å². The Morgan fingerprint density at radius 2 is 1.69 bits per heavy atom. The number of esters is 1. The molecule has 0 saturated carbocycles. The Morgan fingerprint density at radius 1 is 1.00 bits per heavy atom. The summed E-state index contributed by atoms with van der Waals surface area (Å²) in [4.78, 5) is 29.6. The van der Waals surface area contributed by atoms with Crippen molar-refractivity contribution in [2.24, 2.45) is 0 Å². The van der Waals surface area contributed by atoms with Crippen LogP contribution < -0.4 is 10.2 Å². The van der Waals surface area contributed by atoms with E-state index < -0.39 is 5.97 Å². The van der Waals surface area contributed by atoms with Gasteiger partial charge in [0.2, 0.25) is 5.88 Å². The summed E-state index contributed by atoms with van der Waals surface area (Å²) in [6, 6.07) is 15.7. The summed E-state index contributed by atoms with van der Waals surface area (Å²) in [7, 11) is 1.37. The molecule has 1 aliphatic rings. The molecule has 1 aliphatic heterocycles. The number of aryl methyl sites for hydroxylation is 1. The number of hydrogen-bond acceptors (Lipinski definition) is 9. The highest BCUT2D eigenvalue weighted by atomic mass is 32.1. The molecule has 1 N–H and O–H groups in total. The van der Waals surface area contributed by atoms with Crippen LogP contribution in [0.25, 0.3) is 31.8 Å². The fraction of sp³-hybridized carbons (Fsp3) is 0.231. The highest BCUT2D eigenvalue weighted by molar-refractivity contribution is 7.21. The Morgan fingerprint density at radius 3 is 2.40 bits per heavy atom. The molecule has 5 aromatic rings. The molecule has 0 aliphatic carbocycles. The second kappa shape index (κ2) is 8.66. The lowest BCUT2D eigenvalue weighted by atomic mass is 10.1. The van der Waals surface area contributed by atoms with Gasteiger partial charge >= 0.3 is 5.97 Å². The average Bonchev–Trinajstić information content (AvgIpc) is 3.61. The third-order valence-corrected chi connectivity index (χ3v) is 7.23. The van der Waals surface area contributed by atoms with E-state index in [-0.39, 0.29) is 0 Å². The predicted molar refractivity (Wildman–Crippen MR) is 138 cm³/mol. The van der Waals surface area contributed by atoms with E-state index in [0.29, 0.717) is 33.6 Å². The first-order chi connectivity index (χ1) is 17.1. The van der Waals surface area contributed by atoms with Crippen LogP contribution in [-0.2, 0) is 4.74 Å². The Bertz CT molecular complexity index is 1540. The Kier molecular flexibility index (Phi) is 5.33. The summed E-state index contributed by atoms with van der Waals surface area (Å²) >= 11 is 1.50. The lowest BCUT2D eigenvalue weighted by molar-refractivity contribution is 0.0599. The van der Waals surface area contributed by atoms with Crippen molar-refractivity contribution in [2.75, 3.05) is 30.4 Å². The first-order valence-electron chi connectivity index (χ1n) is 11.5. The summed E-state index contributed by atoms with van der Waals surface area (Å²) in [5.74, 6) is 1.72. The lowest BCUT2D eigenvalue weighted by Gasteiger charge is -2.20. The predicted octanol–water partition coefficient (Wildman–Crippen LogP) is 5.94. The molecular weight excluding hydrogens is 462 g/mol. The van der Waals surface area contributed by atoms with Gasteiger partial charge in [-0.15, -0.1) is 11.3 Å². The van der Waals surface area contributed by atoms with Gasteiger partial charge in [-0.05, 0) is 44.0 Å². The summed E-state index contributed by atoms with van der Waals surface area (Å²) in [5.41, 5.74) is 3.38. The second-order valence-corrected chi connectivity index (χ2v) is 9.45. The molecule has 0 unspecified atom stereocenters. The van der Waals surface area contributed by atoms with Crippen LogP contribution in [0.15, 0.2) is 52.9 Å². The Balaban J connectivity index is 1.53. The Labute approximate surface area is 205 Å². The SMILES string of the molecule is COC(=O)c1c(C)oc(Nc2nc3ccccc3nc2N2CCCC2)c1-c1nc2ccccc2s1. The highest BCUT2D eigenvalue weighted by Gasteiger charge is 2.29. The largest absolute Gasteiger partial charge is 0.465 e. The fourth-order valence-corrected chi connectivity index (χ4v) is 5.51. The summed E-state index contributed by atoms with van der Waals surface area (Å²) in [6.07, 6.45) is 2.22. The summed E-state index contributed by atoms with van der Waals surface area (Å²) < 4.78 is 12.2. The van der Waals surface area contributed by atoms with Crippen LogP contribution in [0.2, 0.25) is 0 Å². The van der Waals surface area contributed by atoms with E-state index in [9.17, 15) is 4.79 Å². The molecule has 6 rings (SSSR count). The number of benzene rings is 2. The summed E-state index contributed by atoms with van der Waals surface area (Å²) in [5, 5.41) is 4.04. The van der Waals surface area contributed by atoms with Crippen molar-refractivity contribution in [2.45, 2.75) is 19.8 Å². The number of carbonyl (C=O) groups is 1. The van der Waals surface area contributed by atoms with Crippen molar-refractivity contribution in [1.29, 1.82) is 0 Å². The van der Waals surface area contributed by atoms with E-state index in [0.717, 1.165) is 53.0 Å². The third kappa shape index (κ3) is 3.77. The van der Waals surface area contributed by atoms with Gasteiger partial charge < -0.3 is 19.4 Å². The number of furan rings is 1. The van der Waals surface area contributed by atoms with Crippen LogP contribution >= 0.6 is 11.3 Å². The maximum Gasteiger partial charge on any atom is 0.342 e. The van der Waals surface area contributed by atoms with E-state index in [1.807, 2.05) is 48.5 Å². The number of nitrogens with one attached hydrogen (secondary N) is 1. The molecule has 0 amide bonds. The van der Waals surface area contributed by atoms with Gasteiger partial charge in [0.15, 0.2) is 11.6 Å². The first-order valence-corrected chi connectivity index (χ1v) is 12.3. The van der Waals surface area contributed by atoms with E-state index in [1.165, 1.54) is 18.4 Å². The van der Waals surface area contributed by atoms with Crippen molar-refractivity contribution in [3.63, 3.8) is 0 Å². The van der Waals surface area contributed by atoms with Crippen LogP contribution in [0.1, 0.15) is 29.0 Å². The van der Waals surface area contributed by atoms with Gasteiger partial charge in [-0.1, -0.05) is 24.3 Å². The third-order valence-electron chi connectivity index (χ3n) is 6.17. The number of hydrogen-bond donors (Lipinski definition) is 1. The van der Waals surface area contributed by atoms with E-state index in [1.54, 1.807) is 6.92 Å². The van der Waals surface area contributed by atoms with E-state index in [2.05, 4.69) is 10.2 Å². The monoisotopic (exact) mass is 485 g/mol. The van der Waals surface area contributed by atoms with Gasteiger partial charge in [0.25, 0.3) is 0 Å². The number of anilines is 3. The molecule has 0 radical (unpaired) electrons. The standard InChI is InChI=1S/C26H23N5O3S/c1-15-20(26(32)33-2)21(25-29-18-11-5-6-12-19(18)35-25)24(34-15)30-22-23(31-13-7-8-14-31)28-17-10-4-3-9-16(17)27-22/h3-6,9-12H,7-8,13-14H2,1-2H3,(H,27,30). The number of rotatable bonds is 5. The van der Waals surface area contributed by atoms with Gasteiger partial charge in [-0.25, -0.2) is 19.7 Å². The van der Waals surface area contributed by atoms with Gasteiger partial charge in [0, 0.05) is 13.1 Å². The molecule has 176 valence electrons. The van der Waals surface area contributed by atoms with Crippen LogP contribution in [0.4, 0.5) is 17.5 Å². The highest BCUT2D eigenvalue weighted by Crippen LogP contribution is 2.42. The quantitative estimate of drug-likeness (QED) is 0.306. The van der Waals surface area contributed by atoms with Crippen LogP contribution in [0.3, 0.4) is 0 Å². The first kappa shape index (κ1) is 21.5. The second-order valence-electron chi connectivity index (χ2n) is 8.42. The van der Waals surface area contributed by atoms with Gasteiger partial charge in [-0.2, -0.15) is 0 Å². The van der Waals surface area contributed by atoms with Crippen molar-refractivity contribution >= 4 is 56.1 Å². The fourth-order valence-electron chi connectivity index (χ4n) is 4.50. The number of fused-ring (bicyclic) bond motifs is 2. The van der Waals surface area contributed by atoms with Crippen molar-refractivity contribution in [3.8, 4) is 10.6 Å². The molecular formula is C26H23N5O3S. The molecule has 0 spiro atoms. The smallest absolute Gasteiger partial charge is 0.342 e. The molecule has 8 nitrogen and oxygen atoms in total. The zero-order chi connectivity index (χ0) is 23.9. The zero-order valence-corrected chi connectivity index (χ0v) is 20.2. The number of methoxy groups -OCH3 is 1. The zero-order valence-electron chi connectivity index (χ0n) is 19.4. The minimum Gasteiger partial charge on any atom is -0.465 e. The topological polar surface area (TPSA) is 93.4 Å².